The second-order valence-electron chi connectivity index (χ2n) is 7.13. The first-order valence-corrected chi connectivity index (χ1v) is 7.83. The van der Waals surface area contributed by atoms with E-state index in [1.165, 1.54) is 0 Å². The van der Waals surface area contributed by atoms with Crippen LogP contribution in [0.2, 0.25) is 0 Å². The number of hydrogen-bond acceptors (Lipinski definition) is 3. The molecule has 1 saturated heterocycles. The third kappa shape index (κ3) is 4.43. The van der Waals surface area contributed by atoms with E-state index < -0.39 is 11.9 Å². The Labute approximate surface area is 128 Å². The van der Waals surface area contributed by atoms with Crippen LogP contribution in [-0.2, 0) is 9.59 Å². The Kier molecular flexibility index (Phi) is 6.20. The maximum absolute atomic E-state index is 12.5. The number of nitrogens with zero attached hydrogens (tertiary/aromatic N) is 2. The predicted molar refractivity (Wildman–Crippen MR) is 83.0 cm³/mol. The minimum Gasteiger partial charge on any atom is -0.481 e. The van der Waals surface area contributed by atoms with Crippen molar-refractivity contribution in [2.45, 2.75) is 52.6 Å². The first-order chi connectivity index (χ1) is 9.65. The number of likely N-dealkylation sites (N-methyl/N-ethyl adjacent to an activating group) is 1. The highest BCUT2D eigenvalue weighted by molar-refractivity contribution is 5.82. The van der Waals surface area contributed by atoms with Gasteiger partial charge in [-0.05, 0) is 39.3 Å². The molecule has 4 unspecified atom stereocenters. The van der Waals surface area contributed by atoms with Crippen LogP contribution in [0.3, 0.4) is 0 Å². The van der Waals surface area contributed by atoms with Gasteiger partial charge in [-0.2, -0.15) is 0 Å². The minimum absolute atomic E-state index is 0.0804. The van der Waals surface area contributed by atoms with Crippen LogP contribution in [0.1, 0.15) is 40.5 Å². The molecule has 1 amide bonds. The number of carboxylic acids is 1. The molecular weight excluding hydrogens is 268 g/mol. The zero-order valence-corrected chi connectivity index (χ0v) is 14.2. The minimum atomic E-state index is -0.791. The van der Waals surface area contributed by atoms with Gasteiger partial charge in [0.25, 0.3) is 0 Å². The predicted octanol–water partition coefficient (Wildman–Crippen LogP) is 1.92. The van der Waals surface area contributed by atoms with Gasteiger partial charge in [0, 0.05) is 25.0 Å². The third-order valence-corrected chi connectivity index (χ3v) is 4.35. The van der Waals surface area contributed by atoms with Crippen LogP contribution >= 0.6 is 0 Å². The molecule has 1 rings (SSSR count). The summed E-state index contributed by atoms with van der Waals surface area (Å²) >= 11 is 0. The number of carboxylic acid groups (broad SMARTS) is 1. The molecule has 0 aliphatic carbocycles. The molecule has 122 valence electrons. The smallest absolute Gasteiger partial charge is 0.308 e. The number of carbonyl (C=O) groups is 2. The molecular formula is C16H30N2O3. The fraction of sp³-hybridized carbons (Fsp3) is 0.875. The lowest BCUT2D eigenvalue weighted by atomic mass is 9.79. The summed E-state index contributed by atoms with van der Waals surface area (Å²) in [5.74, 6) is -0.793. The van der Waals surface area contributed by atoms with Gasteiger partial charge in [-0.15, -0.1) is 0 Å². The molecule has 21 heavy (non-hydrogen) atoms. The normalized spacial score (nSPS) is 28.3. The Morgan fingerprint density at radius 3 is 2.38 bits per heavy atom. The van der Waals surface area contributed by atoms with Gasteiger partial charge >= 0.3 is 5.97 Å². The van der Waals surface area contributed by atoms with Gasteiger partial charge < -0.3 is 14.9 Å². The van der Waals surface area contributed by atoms with Crippen molar-refractivity contribution in [3.05, 3.63) is 0 Å². The van der Waals surface area contributed by atoms with Crippen molar-refractivity contribution in [3.63, 3.8) is 0 Å². The lowest BCUT2D eigenvalue weighted by Crippen LogP contribution is -2.58. The molecule has 5 nitrogen and oxygen atoms in total. The highest BCUT2D eigenvalue weighted by atomic mass is 16.4. The van der Waals surface area contributed by atoms with Crippen LogP contribution in [0, 0.1) is 17.8 Å². The number of piperidine rings is 1. The number of likely N-dealkylation sites (tertiary alicyclic amines) is 1. The van der Waals surface area contributed by atoms with Crippen LogP contribution < -0.4 is 0 Å². The first-order valence-electron chi connectivity index (χ1n) is 7.83. The fourth-order valence-electron chi connectivity index (χ4n) is 3.61. The zero-order valence-electron chi connectivity index (χ0n) is 14.2. The number of carbonyl (C=O) groups excluding carboxylic acids is 1. The van der Waals surface area contributed by atoms with E-state index in [1.54, 1.807) is 0 Å². The summed E-state index contributed by atoms with van der Waals surface area (Å²) in [4.78, 5) is 28.0. The number of aliphatic carboxylic acids is 1. The molecule has 4 atom stereocenters. The van der Waals surface area contributed by atoms with Gasteiger partial charge in [-0.3, -0.25) is 9.59 Å². The summed E-state index contributed by atoms with van der Waals surface area (Å²) in [6, 6.07) is -0.167. The summed E-state index contributed by atoms with van der Waals surface area (Å²) in [7, 11) is 3.98. The summed E-state index contributed by atoms with van der Waals surface area (Å²) < 4.78 is 0. The summed E-state index contributed by atoms with van der Waals surface area (Å²) in [5, 5.41) is 9.48. The van der Waals surface area contributed by atoms with E-state index in [0.717, 1.165) is 13.0 Å². The second-order valence-corrected chi connectivity index (χ2v) is 7.13. The molecule has 0 aromatic heterocycles. The molecule has 0 radical (unpaired) electrons. The topological polar surface area (TPSA) is 60.9 Å². The van der Waals surface area contributed by atoms with E-state index in [9.17, 15) is 14.7 Å². The van der Waals surface area contributed by atoms with Crippen LogP contribution in [0.25, 0.3) is 0 Å². The largest absolute Gasteiger partial charge is 0.481 e. The highest BCUT2D eigenvalue weighted by Gasteiger charge is 2.44. The van der Waals surface area contributed by atoms with Gasteiger partial charge in [0.05, 0.1) is 5.92 Å². The van der Waals surface area contributed by atoms with E-state index in [-0.39, 0.29) is 23.9 Å². The van der Waals surface area contributed by atoms with Crippen LogP contribution in [0.5, 0.6) is 0 Å². The van der Waals surface area contributed by atoms with Gasteiger partial charge in [-0.25, -0.2) is 0 Å². The fourth-order valence-corrected chi connectivity index (χ4v) is 3.61. The van der Waals surface area contributed by atoms with Crippen molar-refractivity contribution in [1.82, 2.24) is 9.80 Å². The van der Waals surface area contributed by atoms with E-state index >= 15 is 0 Å². The van der Waals surface area contributed by atoms with Gasteiger partial charge in [-0.1, -0.05) is 20.8 Å². The third-order valence-electron chi connectivity index (χ3n) is 4.35. The molecule has 1 aliphatic rings. The Morgan fingerprint density at radius 2 is 1.95 bits per heavy atom. The molecule has 0 aromatic rings. The molecule has 1 N–H and O–H groups in total. The standard InChI is InChI=1S/C16H30N2O3/c1-10(2)7-13(9-17(5)6)18-12(4)15(16(20)21)11(3)8-14(18)19/h10-13,15H,7-9H2,1-6H3,(H,20,21). The lowest BCUT2D eigenvalue weighted by Gasteiger charge is -2.46. The molecule has 0 spiro atoms. The van der Waals surface area contributed by atoms with Crippen molar-refractivity contribution >= 4 is 11.9 Å². The maximum Gasteiger partial charge on any atom is 0.308 e. The van der Waals surface area contributed by atoms with Crippen molar-refractivity contribution in [3.8, 4) is 0 Å². The van der Waals surface area contributed by atoms with Crippen molar-refractivity contribution in [2.24, 2.45) is 17.8 Å². The van der Waals surface area contributed by atoms with Gasteiger partial charge in [0.15, 0.2) is 0 Å². The maximum atomic E-state index is 12.5. The average molecular weight is 298 g/mol. The molecule has 0 bridgehead atoms. The summed E-state index contributed by atoms with van der Waals surface area (Å²) in [5.41, 5.74) is 0. The van der Waals surface area contributed by atoms with Gasteiger partial charge in [0.1, 0.15) is 0 Å². The van der Waals surface area contributed by atoms with Crippen LogP contribution in [0.4, 0.5) is 0 Å². The molecule has 0 aromatic carbocycles. The zero-order chi connectivity index (χ0) is 16.3. The second kappa shape index (κ2) is 7.25. The molecule has 1 aliphatic heterocycles. The lowest BCUT2D eigenvalue weighted by molar-refractivity contribution is -0.157. The van der Waals surface area contributed by atoms with Crippen molar-refractivity contribution < 1.29 is 14.7 Å². The van der Waals surface area contributed by atoms with Gasteiger partial charge in [0.2, 0.25) is 5.91 Å². The number of hydrogen-bond donors (Lipinski definition) is 1. The molecule has 5 heteroatoms. The van der Waals surface area contributed by atoms with E-state index in [2.05, 4.69) is 18.7 Å². The summed E-state index contributed by atoms with van der Waals surface area (Å²) in [6.45, 7) is 8.80. The molecule has 1 fully saturated rings. The van der Waals surface area contributed by atoms with Crippen molar-refractivity contribution in [2.75, 3.05) is 20.6 Å². The Balaban J connectivity index is 3.02. The molecule has 0 saturated carbocycles. The summed E-state index contributed by atoms with van der Waals surface area (Å²) in [6.07, 6.45) is 1.23. The quantitative estimate of drug-likeness (QED) is 0.814. The van der Waals surface area contributed by atoms with Crippen LogP contribution in [-0.4, -0.2) is 59.5 Å². The number of amides is 1. The number of rotatable bonds is 6. The highest BCUT2D eigenvalue weighted by Crippen LogP contribution is 2.32. The van der Waals surface area contributed by atoms with E-state index in [1.807, 2.05) is 32.8 Å². The van der Waals surface area contributed by atoms with Crippen molar-refractivity contribution in [1.29, 1.82) is 0 Å². The Hall–Kier alpha value is -1.10. The first kappa shape index (κ1) is 18.0. The Bertz CT molecular complexity index is 372. The SMILES string of the molecule is CC(C)CC(CN(C)C)N1C(=O)CC(C)C(C(=O)O)C1C. The Morgan fingerprint density at radius 1 is 1.38 bits per heavy atom. The monoisotopic (exact) mass is 298 g/mol. The van der Waals surface area contributed by atoms with Crippen LogP contribution in [0.15, 0.2) is 0 Å². The van der Waals surface area contributed by atoms with E-state index in [4.69, 9.17) is 0 Å². The van der Waals surface area contributed by atoms with E-state index in [0.29, 0.717) is 12.3 Å². The average Bonchev–Trinajstić information content (AvgIpc) is 2.24. The molecule has 1 heterocycles.